The van der Waals surface area contributed by atoms with Crippen molar-refractivity contribution in [3.05, 3.63) is 59.2 Å². The molecular formula is C19H22N2O4S. The van der Waals surface area contributed by atoms with Gasteiger partial charge in [0, 0.05) is 24.2 Å². The number of anilines is 1. The van der Waals surface area contributed by atoms with E-state index in [1.165, 1.54) is 6.92 Å². The van der Waals surface area contributed by atoms with Crippen molar-refractivity contribution in [3.63, 3.8) is 0 Å². The fraction of sp³-hybridized carbons (Fsp3) is 0.263. The Morgan fingerprint density at radius 1 is 1.04 bits per heavy atom. The minimum absolute atomic E-state index is 0.0195. The van der Waals surface area contributed by atoms with Crippen molar-refractivity contribution in [1.29, 1.82) is 0 Å². The van der Waals surface area contributed by atoms with Crippen LogP contribution in [0.5, 0.6) is 0 Å². The summed E-state index contributed by atoms with van der Waals surface area (Å²) in [5, 5.41) is 2.66. The minimum Gasteiger partial charge on any atom is -0.326 e. The van der Waals surface area contributed by atoms with E-state index in [-0.39, 0.29) is 29.6 Å². The van der Waals surface area contributed by atoms with Crippen LogP contribution in [-0.4, -0.2) is 26.7 Å². The number of ketones is 1. The highest BCUT2D eigenvalue weighted by atomic mass is 32.2. The zero-order valence-corrected chi connectivity index (χ0v) is 15.8. The number of sulfonamides is 1. The molecule has 7 heteroatoms. The summed E-state index contributed by atoms with van der Waals surface area (Å²) in [6.45, 7) is 4.97. The first-order valence-electron chi connectivity index (χ1n) is 8.17. The standard InChI is InChI=1S/C19H22N2O4S/c1-13-7-8-14(2)18(11-13)26(24,25)20-10-9-19(23)21-17-6-4-5-16(12-17)15(3)22/h4-8,11-12,20H,9-10H2,1-3H3,(H,21,23). The van der Waals surface area contributed by atoms with Crippen LogP contribution < -0.4 is 10.0 Å². The largest absolute Gasteiger partial charge is 0.326 e. The molecule has 0 fully saturated rings. The Balaban J connectivity index is 1.94. The van der Waals surface area contributed by atoms with Crippen LogP contribution in [0.25, 0.3) is 0 Å². The van der Waals surface area contributed by atoms with Gasteiger partial charge < -0.3 is 5.32 Å². The maximum absolute atomic E-state index is 12.4. The van der Waals surface area contributed by atoms with Crippen LogP contribution in [0.3, 0.4) is 0 Å². The Morgan fingerprint density at radius 2 is 1.77 bits per heavy atom. The molecule has 0 heterocycles. The maximum atomic E-state index is 12.4. The molecular weight excluding hydrogens is 352 g/mol. The monoisotopic (exact) mass is 374 g/mol. The van der Waals surface area contributed by atoms with Gasteiger partial charge in [0.05, 0.1) is 4.90 Å². The van der Waals surface area contributed by atoms with Gasteiger partial charge in [-0.05, 0) is 50.1 Å². The number of hydrogen-bond acceptors (Lipinski definition) is 4. The van der Waals surface area contributed by atoms with E-state index >= 15 is 0 Å². The predicted molar refractivity (Wildman–Crippen MR) is 101 cm³/mol. The van der Waals surface area contributed by atoms with Gasteiger partial charge in [-0.2, -0.15) is 0 Å². The number of carbonyl (C=O) groups excluding carboxylic acids is 2. The number of amides is 1. The van der Waals surface area contributed by atoms with Crippen LogP contribution in [0, 0.1) is 13.8 Å². The molecule has 0 radical (unpaired) electrons. The third-order valence-corrected chi connectivity index (χ3v) is 5.43. The van der Waals surface area contributed by atoms with Gasteiger partial charge in [-0.3, -0.25) is 9.59 Å². The molecule has 0 unspecified atom stereocenters. The molecule has 2 aromatic carbocycles. The Bertz CT molecular complexity index is 936. The number of benzene rings is 2. The Hall–Kier alpha value is -2.51. The summed E-state index contributed by atoms with van der Waals surface area (Å²) >= 11 is 0. The molecule has 0 aliphatic heterocycles. The first-order valence-corrected chi connectivity index (χ1v) is 9.65. The second-order valence-corrected chi connectivity index (χ2v) is 7.84. The van der Waals surface area contributed by atoms with E-state index in [4.69, 9.17) is 0 Å². The molecule has 0 aromatic heterocycles. The van der Waals surface area contributed by atoms with E-state index in [2.05, 4.69) is 10.0 Å². The van der Waals surface area contributed by atoms with Gasteiger partial charge in [0.15, 0.2) is 5.78 Å². The Kier molecular flexibility index (Phi) is 6.28. The van der Waals surface area contributed by atoms with E-state index in [0.717, 1.165) is 5.56 Å². The lowest BCUT2D eigenvalue weighted by atomic mass is 10.1. The smallest absolute Gasteiger partial charge is 0.240 e. The van der Waals surface area contributed by atoms with E-state index in [1.54, 1.807) is 43.3 Å². The SMILES string of the molecule is CC(=O)c1cccc(NC(=O)CCNS(=O)(=O)c2cc(C)ccc2C)c1. The van der Waals surface area contributed by atoms with E-state index in [0.29, 0.717) is 16.8 Å². The molecule has 0 saturated carbocycles. The number of nitrogens with one attached hydrogen (secondary N) is 2. The Labute approximate surface area is 153 Å². The second-order valence-electron chi connectivity index (χ2n) is 6.10. The van der Waals surface area contributed by atoms with Crippen LogP contribution in [0.2, 0.25) is 0 Å². The number of carbonyl (C=O) groups is 2. The normalized spacial score (nSPS) is 11.2. The molecule has 0 bridgehead atoms. The van der Waals surface area contributed by atoms with Crippen LogP contribution in [0.1, 0.15) is 34.8 Å². The van der Waals surface area contributed by atoms with Gasteiger partial charge in [-0.1, -0.05) is 24.3 Å². The van der Waals surface area contributed by atoms with Crippen molar-refractivity contribution in [1.82, 2.24) is 4.72 Å². The summed E-state index contributed by atoms with van der Waals surface area (Å²) in [4.78, 5) is 23.6. The lowest BCUT2D eigenvalue weighted by Crippen LogP contribution is -2.28. The molecule has 0 saturated heterocycles. The topological polar surface area (TPSA) is 92.3 Å². The van der Waals surface area contributed by atoms with Gasteiger partial charge in [-0.25, -0.2) is 13.1 Å². The van der Waals surface area contributed by atoms with Gasteiger partial charge in [0.1, 0.15) is 0 Å². The van der Waals surface area contributed by atoms with Gasteiger partial charge in [-0.15, -0.1) is 0 Å². The molecule has 0 aliphatic carbocycles. The van der Waals surface area contributed by atoms with Crippen molar-refractivity contribution >= 4 is 27.4 Å². The number of Topliss-reactive ketones (excluding diaryl/α,β-unsaturated/α-hetero) is 1. The molecule has 2 aromatic rings. The van der Waals surface area contributed by atoms with Crippen molar-refractivity contribution in [3.8, 4) is 0 Å². The molecule has 0 atom stereocenters. The highest BCUT2D eigenvalue weighted by molar-refractivity contribution is 7.89. The first kappa shape index (κ1) is 19.8. The molecule has 138 valence electrons. The minimum atomic E-state index is -3.67. The second kappa shape index (κ2) is 8.25. The summed E-state index contributed by atoms with van der Waals surface area (Å²) < 4.78 is 27.2. The van der Waals surface area contributed by atoms with E-state index in [1.807, 2.05) is 13.0 Å². The molecule has 0 aliphatic rings. The molecule has 2 rings (SSSR count). The number of rotatable bonds is 7. The highest BCUT2D eigenvalue weighted by Gasteiger charge is 2.17. The zero-order valence-electron chi connectivity index (χ0n) is 15.0. The quantitative estimate of drug-likeness (QED) is 0.729. The summed E-state index contributed by atoms with van der Waals surface area (Å²) in [5.41, 5.74) is 2.49. The fourth-order valence-electron chi connectivity index (χ4n) is 2.41. The van der Waals surface area contributed by atoms with E-state index in [9.17, 15) is 18.0 Å². The molecule has 2 N–H and O–H groups in total. The Morgan fingerprint density at radius 3 is 2.46 bits per heavy atom. The average Bonchev–Trinajstić information content (AvgIpc) is 2.57. The van der Waals surface area contributed by atoms with E-state index < -0.39 is 10.0 Å². The van der Waals surface area contributed by atoms with Gasteiger partial charge in [0.25, 0.3) is 0 Å². The number of aryl methyl sites for hydroxylation is 2. The lowest BCUT2D eigenvalue weighted by molar-refractivity contribution is -0.116. The molecule has 0 spiro atoms. The first-order chi connectivity index (χ1) is 12.2. The van der Waals surface area contributed by atoms with Crippen molar-refractivity contribution in [2.24, 2.45) is 0 Å². The predicted octanol–water partition coefficient (Wildman–Crippen LogP) is 2.81. The van der Waals surface area contributed by atoms with Crippen LogP contribution in [-0.2, 0) is 14.8 Å². The zero-order chi connectivity index (χ0) is 19.3. The van der Waals surface area contributed by atoms with Crippen molar-refractivity contribution in [2.75, 3.05) is 11.9 Å². The maximum Gasteiger partial charge on any atom is 0.240 e. The number of hydrogen-bond donors (Lipinski definition) is 2. The van der Waals surface area contributed by atoms with Crippen molar-refractivity contribution in [2.45, 2.75) is 32.1 Å². The third kappa shape index (κ3) is 5.24. The average molecular weight is 374 g/mol. The fourth-order valence-corrected chi connectivity index (χ4v) is 3.77. The van der Waals surface area contributed by atoms with Crippen LogP contribution >= 0.6 is 0 Å². The third-order valence-electron chi connectivity index (χ3n) is 3.83. The van der Waals surface area contributed by atoms with Crippen LogP contribution in [0.4, 0.5) is 5.69 Å². The summed E-state index contributed by atoms with van der Waals surface area (Å²) in [5.74, 6) is -0.434. The van der Waals surface area contributed by atoms with Gasteiger partial charge >= 0.3 is 0 Å². The molecule has 6 nitrogen and oxygen atoms in total. The summed E-state index contributed by atoms with van der Waals surface area (Å²) in [6, 6.07) is 11.8. The highest BCUT2D eigenvalue weighted by Crippen LogP contribution is 2.16. The molecule has 1 amide bonds. The summed E-state index contributed by atoms with van der Waals surface area (Å²) in [7, 11) is -3.67. The van der Waals surface area contributed by atoms with Gasteiger partial charge in [0.2, 0.25) is 15.9 Å². The lowest BCUT2D eigenvalue weighted by Gasteiger charge is -2.10. The van der Waals surface area contributed by atoms with Crippen LogP contribution in [0.15, 0.2) is 47.4 Å². The molecule has 26 heavy (non-hydrogen) atoms. The van der Waals surface area contributed by atoms with Crippen molar-refractivity contribution < 1.29 is 18.0 Å². The summed E-state index contributed by atoms with van der Waals surface area (Å²) in [6.07, 6.45) is -0.0195.